The van der Waals surface area contributed by atoms with Crippen molar-refractivity contribution in [3.8, 4) is 18.0 Å². The Morgan fingerprint density at radius 2 is 1.97 bits per heavy atom. The number of hydrogen-bond acceptors (Lipinski definition) is 3. The maximum Gasteiger partial charge on any atom is 0.243 e. The fraction of sp³-hybridized carbons (Fsp3) is 0.174. The molecule has 0 aliphatic carbocycles. The minimum absolute atomic E-state index is 0.0594. The zero-order valence-electron chi connectivity index (χ0n) is 16.1. The molecule has 2 aliphatic rings. The first-order valence-corrected chi connectivity index (χ1v) is 9.85. The molecule has 1 atom stereocenters. The fourth-order valence-corrected chi connectivity index (χ4v) is 4.88. The van der Waals surface area contributed by atoms with Crippen LogP contribution in [0, 0.1) is 19.3 Å². The molecule has 3 aromatic rings. The minimum atomic E-state index is -1.26. The third-order valence-electron chi connectivity index (χ3n) is 5.83. The molecule has 0 saturated carbocycles. The second kappa shape index (κ2) is 6.48. The third-order valence-corrected chi connectivity index (χ3v) is 6.14. The number of terminal acetylenes is 1. The van der Waals surface area contributed by atoms with Gasteiger partial charge in [-0.2, -0.15) is 5.10 Å². The lowest BCUT2D eigenvalue weighted by atomic mass is 9.71. The van der Waals surface area contributed by atoms with Gasteiger partial charge in [0.05, 0.1) is 24.1 Å². The molecule has 1 N–H and O–H groups in total. The number of nitrogens with zero attached hydrogens (tertiary/aromatic N) is 3. The van der Waals surface area contributed by atoms with Crippen molar-refractivity contribution in [2.45, 2.75) is 18.8 Å². The Morgan fingerprint density at radius 1 is 1.20 bits per heavy atom. The summed E-state index contributed by atoms with van der Waals surface area (Å²) in [6.45, 7) is 2.06. The highest BCUT2D eigenvalue weighted by Crippen LogP contribution is 2.54. The molecule has 0 radical (unpaired) electrons. The monoisotopic (exact) mass is 416 g/mol. The number of benzene rings is 2. The van der Waals surface area contributed by atoms with Crippen LogP contribution in [0.4, 0.5) is 11.5 Å². The molecular formula is C23H17ClN4O2. The van der Waals surface area contributed by atoms with Gasteiger partial charge in [0.1, 0.15) is 11.2 Å². The molecule has 2 amide bonds. The van der Waals surface area contributed by atoms with E-state index in [1.54, 1.807) is 23.0 Å². The molecular weight excluding hydrogens is 400 g/mol. The van der Waals surface area contributed by atoms with Crippen LogP contribution in [0.2, 0.25) is 5.02 Å². The average Bonchev–Trinajstić information content (AvgIpc) is 3.23. The Balaban J connectivity index is 1.81. The molecule has 2 aromatic carbocycles. The van der Waals surface area contributed by atoms with Crippen molar-refractivity contribution in [1.29, 1.82) is 0 Å². The predicted octanol–water partition coefficient (Wildman–Crippen LogP) is 3.44. The normalized spacial score (nSPS) is 19.4. The Bertz CT molecular complexity index is 1270. The average molecular weight is 417 g/mol. The molecule has 0 saturated heterocycles. The molecule has 6 nitrogen and oxygen atoms in total. The van der Waals surface area contributed by atoms with E-state index in [-0.39, 0.29) is 24.8 Å². The number of carbonyl (C=O) groups excluding carboxylic acids is 2. The van der Waals surface area contributed by atoms with Gasteiger partial charge in [-0.15, -0.1) is 6.42 Å². The summed E-state index contributed by atoms with van der Waals surface area (Å²) in [5, 5.41) is 7.87. The van der Waals surface area contributed by atoms with E-state index in [4.69, 9.17) is 18.0 Å². The second-order valence-corrected chi connectivity index (χ2v) is 7.87. The van der Waals surface area contributed by atoms with Gasteiger partial charge >= 0.3 is 0 Å². The zero-order chi connectivity index (χ0) is 21.0. The zero-order valence-corrected chi connectivity index (χ0v) is 16.9. The van der Waals surface area contributed by atoms with Crippen LogP contribution in [0.5, 0.6) is 0 Å². The van der Waals surface area contributed by atoms with E-state index in [0.29, 0.717) is 27.7 Å². The predicted molar refractivity (Wildman–Crippen MR) is 115 cm³/mol. The van der Waals surface area contributed by atoms with Crippen LogP contribution in [0.25, 0.3) is 5.69 Å². The summed E-state index contributed by atoms with van der Waals surface area (Å²) in [5.74, 6) is 2.47. The van der Waals surface area contributed by atoms with Gasteiger partial charge in [0.15, 0.2) is 0 Å². The number of rotatable bonds is 2. The summed E-state index contributed by atoms with van der Waals surface area (Å²) in [4.78, 5) is 28.2. The van der Waals surface area contributed by atoms with Crippen molar-refractivity contribution in [3.63, 3.8) is 0 Å². The van der Waals surface area contributed by atoms with Crippen molar-refractivity contribution < 1.29 is 9.59 Å². The van der Waals surface area contributed by atoms with Crippen molar-refractivity contribution in [1.82, 2.24) is 9.78 Å². The maximum absolute atomic E-state index is 13.8. The molecule has 0 bridgehead atoms. The number of aryl methyl sites for hydroxylation is 1. The summed E-state index contributed by atoms with van der Waals surface area (Å²) in [5.41, 5.74) is 2.40. The summed E-state index contributed by atoms with van der Waals surface area (Å²) < 4.78 is 1.66. The number of amides is 2. The summed E-state index contributed by atoms with van der Waals surface area (Å²) in [6.07, 6.45) is 7.11. The lowest BCUT2D eigenvalue weighted by Gasteiger charge is -2.32. The van der Waals surface area contributed by atoms with Crippen molar-refractivity contribution >= 4 is 34.9 Å². The lowest BCUT2D eigenvalue weighted by Crippen LogP contribution is -2.46. The Labute approximate surface area is 178 Å². The smallest absolute Gasteiger partial charge is 0.243 e. The van der Waals surface area contributed by atoms with Crippen molar-refractivity contribution in [2.24, 2.45) is 0 Å². The Kier molecular flexibility index (Phi) is 3.99. The van der Waals surface area contributed by atoms with Gasteiger partial charge in [0, 0.05) is 22.6 Å². The number of para-hydroxylation sites is 1. The van der Waals surface area contributed by atoms with Gasteiger partial charge in [-0.25, -0.2) is 4.68 Å². The lowest BCUT2D eigenvalue weighted by molar-refractivity contribution is -0.126. The molecule has 1 spiro atoms. The Morgan fingerprint density at radius 3 is 2.73 bits per heavy atom. The first kappa shape index (κ1) is 18.5. The van der Waals surface area contributed by atoms with E-state index < -0.39 is 5.41 Å². The van der Waals surface area contributed by atoms with Crippen LogP contribution in [0.15, 0.2) is 48.7 Å². The standard InChI is InChI=1S/C23H17ClN4O2/c1-3-11-27-18-10-6-8-16(24)20(18)23(22(27)30)12-19(29)26-21-15(23)13-25-28(21)17-9-5-4-7-14(17)2/h1,4-10,13H,11-12H2,2H3,(H,26,29)/t23-/m1/s1. The number of aromatic nitrogens is 2. The van der Waals surface area contributed by atoms with Gasteiger partial charge in [-0.05, 0) is 30.7 Å². The maximum atomic E-state index is 13.8. The number of fused-ring (bicyclic) bond motifs is 4. The van der Waals surface area contributed by atoms with Crippen LogP contribution >= 0.6 is 11.6 Å². The molecule has 0 unspecified atom stereocenters. The second-order valence-electron chi connectivity index (χ2n) is 7.46. The molecule has 1 aromatic heterocycles. The summed E-state index contributed by atoms with van der Waals surface area (Å²) >= 11 is 6.60. The van der Waals surface area contributed by atoms with Gasteiger partial charge in [0.25, 0.3) is 0 Å². The molecule has 30 heavy (non-hydrogen) atoms. The third kappa shape index (κ3) is 2.30. The van der Waals surface area contributed by atoms with E-state index in [0.717, 1.165) is 11.3 Å². The van der Waals surface area contributed by atoms with E-state index in [1.807, 2.05) is 37.3 Å². The van der Waals surface area contributed by atoms with E-state index in [9.17, 15) is 9.59 Å². The molecule has 3 heterocycles. The van der Waals surface area contributed by atoms with Gasteiger partial charge < -0.3 is 5.32 Å². The molecule has 148 valence electrons. The minimum Gasteiger partial charge on any atom is -0.310 e. The van der Waals surface area contributed by atoms with Crippen LogP contribution < -0.4 is 10.2 Å². The molecule has 7 heteroatoms. The highest BCUT2D eigenvalue weighted by atomic mass is 35.5. The number of nitrogens with one attached hydrogen (secondary N) is 1. The largest absolute Gasteiger partial charge is 0.310 e. The number of anilines is 2. The quantitative estimate of drug-likeness (QED) is 0.651. The van der Waals surface area contributed by atoms with Crippen LogP contribution in [-0.2, 0) is 15.0 Å². The van der Waals surface area contributed by atoms with Crippen LogP contribution in [0.1, 0.15) is 23.1 Å². The van der Waals surface area contributed by atoms with E-state index in [2.05, 4.69) is 16.3 Å². The topological polar surface area (TPSA) is 67.2 Å². The van der Waals surface area contributed by atoms with Crippen molar-refractivity contribution in [2.75, 3.05) is 16.8 Å². The summed E-state index contributed by atoms with van der Waals surface area (Å²) in [6, 6.07) is 13.0. The molecule has 2 aliphatic heterocycles. The molecule has 5 rings (SSSR count). The van der Waals surface area contributed by atoms with E-state index >= 15 is 0 Å². The van der Waals surface area contributed by atoms with Crippen LogP contribution in [-0.4, -0.2) is 28.1 Å². The summed E-state index contributed by atoms with van der Waals surface area (Å²) in [7, 11) is 0. The van der Waals surface area contributed by atoms with Crippen molar-refractivity contribution in [3.05, 3.63) is 70.4 Å². The number of halogens is 1. The first-order chi connectivity index (χ1) is 14.5. The highest BCUT2D eigenvalue weighted by molar-refractivity contribution is 6.34. The van der Waals surface area contributed by atoms with Gasteiger partial charge in [-0.3, -0.25) is 14.5 Å². The number of carbonyl (C=O) groups is 2. The van der Waals surface area contributed by atoms with Gasteiger partial charge in [0.2, 0.25) is 11.8 Å². The molecule has 0 fully saturated rings. The fourth-order valence-electron chi connectivity index (χ4n) is 4.55. The highest BCUT2D eigenvalue weighted by Gasteiger charge is 2.58. The van der Waals surface area contributed by atoms with Gasteiger partial charge in [-0.1, -0.05) is 41.8 Å². The number of hydrogen-bond donors (Lipinski definition) is 1. The SMILES string of the molecule is C#CCN1C(=O)[C@@]2(CC(=O)Nc3c2cnn3-c2ccccc2C)c2c(Cl)cccc21. The Hall–Kier alpha value is -3.56. The van der Waals surface area contributed by atoms with Crippen LogP contribution in [0.3, 0.4) is 0 Å². The van der Waals surface area contributed by atoms with E-state index in [1.165, 1.54) is 4.90 Å². The first-order valence-electron chi connectivity index (χ1n) is 9.48.